The number of aromatic nitrogens is 1. The summed E-state index contributed by atoms with van der Waals surface area (Å²) in [4.78, 5) is 16.1. The van der Waals surface area contributed by atoms with Gasteiger partial charge in [-0.3, -0.25) is 9.78 Å². The molecule has 2 rings (SSSR count). The van der Waals surface area contributed by atoms with E-state index in [4.69, 9.17) is 0 Å². The van der Waals surface area contributed by atoms with Crippen molar-refractivity contribution in [1.29, 1.82) is 0 Å². The van der Waals surface area contributed by atoms with Crippen LogP contribution in [0.4, 0.5) is 0 Å². The molecular formula is C14H9Br2NO. The molecule has 90 valence electrons. The third kappa shape index (κ3) is 3.37. The van der Waals surface area contributed by atoms with Gasteiger partial charge < -0.3 is 0 Å². The molecule has 0 fully saturated rings. The highest BCUT2D eigenvalue weighted by Crippen LogP contribution is 2.22. The highest BCUT2D eigenvalue weighted by Gasteiger charge is 2.06. The van der Waals surface area contributed by atoms with Gasteiger partial charge in [0, 0.05) is 20.7 Å². The van der Waals surface area contributed by atoms with Crippen LogP contribution in [0.3, 0.4) is 0 Å². The van der Waals surface area contributed by atoms with E-state index >= 15 is 0 Å². The van der Waals surface area contributed by atoms with E-state index in [0.29, 0.717) is 5.56 Å². The fourth-order valence-corrected chi connectivity index (χ4v) is 2.66. The third-order valence-corrected chi connectivity index (χ3v) is 3.44. The zero-order valence-corrected chi connectivity index (χ0v) is 12.5. The van der Waals surface area contributed by atoms with Crippen molar-refractivity contribution in [2.45, 2.75) is 0 Å². The molecule has 0 aliphatic rings. The highest BCUT2D eigenvalue weighted by atomic mass is 79.9. The van der Waals surface area contributed by atoms with Crippen molar-refractivity contribution < 1.29 is 4.79 Å². The molecular weight excluding hydrogens is 358 g/mol. The van der Waals surface area contributed by atoms with Gasteiger partial charge >= 0.3 is 0 Å². The summed E-state index contributed by atoms with van der Waals surface area (Å²) in [5.74, 6) is -0.0555. The topological polar surface area (TPSA) is 30.0 Å². The molecule has 0 N–H and O–H groups in total. The lowest BCUT2D eigenvalue weighted by atomic mass is 10.1. The second-order valence-electron chi connectivity index (χ2n) is 3.58. The minimum absolute atomic E-state index is 0.0555. The van der Waals surface area contributed by atoms with Crippen LogP contribution in [0.5, 0.6) is 0 Å². The molecule has 2 aromatic rings. The summed E-state index contributed by atoms with van der Waals surface area (Å²) in [5, 5.41) is 0. The molecule has 2 nitrogen and oxygen atoms in total. The minimum Gasteiger partial charge on any atom is -0.289 e. The second kappa shape index (κ2) is 6.07. The van der Waals surface area contributed by atoms with E-state index in [0.717, 1.165) is 14.6 Å². The largest absolute Gasteiger partial charge is 0.289 e. The lowest BCUT2D eigenvalue weighted by Crippen LogP contribution is -1.95. The van der Waals surface area contributed by atoms with E-state index in [1.807, 2.05) is 30.3 Å². The first-order valence-electron chi connectivity index (χ1n) is 5.25. The predicted molar refractivity (Wildman–Crippen MR) is 79.4 cm³/mol. The van der Waals surface area contributed by atoms with Crippen LogP contribution < -0.4 is 0 Å². The molecule has 0 aliphatic carbocycles. The Morgan fingerprint density at radius 1 is 1.17 bits per heavy atom. The van der Waals surface area contributed by atoms with Crippen molar-refractivity contribution >= 4 is 43.7 Å². The average molecular weight is 367 g/mol. The summed E-state index contributed by atoms with van der Waals surface area (Å²) in [5.41, 5.74) is 1.39. The summed E-state index contributed by atoms with van der Waals surface area (Å²) < 4.78 is 1.70. The normalized spacial score (nSPS) is 10.8. The molecule has 0 saturated heterocycles. The molecule has 0 radical (unpaired) electrons. The number of hydrogen-bond acceptors (Lipinski definition) is 2. The standard InChI is InChI=1S/C14H9Br2NO/c15-10-4-6-12(13(16)9-10)14(18)7-5-11-3-1-2-8-17-11/h1-9H/b7-5+. The van der Waals surface area contributed by atoms with Gasteiger partial charge in [0.2, 0.25) is 0 Å². The van der Waals surface area contributed by atoms with Crippen LogP contribution in [-0.4, -0.2) is 10.8 Å². The molecule has 0 spiro atoms. The van der Waals surface area contributed by atoms with E-state index in [1.54, 1.807) is 18.3 Å². The molecule has 0 atom stereocenters. The molecule has 4 heteroatoms. The molecule has 0 aliphatic heterocycles. The summed E-state index contributed by atoms with van der Waals surface area (Å²) in [6, 6.07) is 11.0. The van der Waals surface area contributed by atoms with Gasteiger partial charge in [-0.15, -0.1) is 0 Å². The van der Waals surface area contributed by atoms with Crippen LogP contribution in [0.15, 0.2) is 57.6 Å². The summed E-state index contributed by atoms with van der Waals surface area (Å²) in [6.45, 7) is 0. The lowest BCUT2D eigenvalue weighted by Gasteiger charge is -2.00. The van der Waals surface area contributed by atoms with Gasteiger partial charge in [0.25, 0.3) is 0 Å². The van der Waals surface area contributed by atoms with E-state index < -0.39 is 0 Å². The Bertz CT molecular complexity index is 594. The van der Waals surface area contributed by atoms with Gasteiger partial charge in [-0.2, -0.15) is 0 Å². The van der Waals surface area contributed by atoms with Gasteiger partial charge in [-0.05, 0) is 58.4 Å². The van der Waals surface area contributed by atoms with E-state index in [2.05, 4.69) is 36.8 Å². The maximum absolute atomic E-state index is 12.0. The first-order chi connectivity index (χ1) is 8.66. The van der Waals surface area contributed by atoms with Crippen LogP contribution >= 0.6 is 31.9 Å². The number of hydrogen-bond donors (Lipinski definition) is 0. The molecule has 0 bridgehead atoms. The Balaban J connectivity index is 2.20. The lowest BCUT2D eigenvalue weighted by molar-refractivity contribution is 0.104. The maximum atomic E-state index is 12.0. The number of pyridine rings is 1. The van der Waals surface area contributed by atoms with Crippen molar-refractivity contribution in [3.05, 3.63) is 68.9 Å². The van der Waals surface area contributed by atoms with Gasteiger partial charge in [-0.1, -0.05) is 22.0 Å². The van der Waals surface area contributed by atoms with Gasteiger partial charge in [0.1, 0.15) is 0 Å². The zero-order valence-electron chi connectivity index (χ0n) is 9.31. The Kier molecular flexibility index (Phi) is 4.44. The molecule has 18 heavy (non-hydrogen) atoms. The number of allylic oxidation sites excluding steroid dienone is 1. The average Bonchev–Trinajstić information content (AvgIpc) is 2.37. The smallest absolute Gasteiger partial charge is 0.187 e. The van der Waals surface area contributed by atoms with Crippen molar-refractivity contribution in [3.63, 3.8) is 0 Å². The summed E-state index contributed by atoms with van der Waals surface area (Å²) >= 11 is 6.73. The molecule has 1 heterocycles. The molecule has 1 aromatic heterocycles. The molecule has 0 saturated carbocycles. The first-order valence-corrected chi connectivity index (χ1v) is 6.84. The highest BCUT2D eigenvalue weighted by molar-refractivity contribution is 9.11. The maximum Gasteiger partial charge on any atom is 0.187 e. The quantitative estimate of drug-likeness (QED) is 0.591. The van der Waals surface area contributed by atoms with Crippen molar-refractivity contribution in [2.75, 3.05) is 0 Å². The van der Waals surface area contributed by atoms with Crippen molar-refractivity contribution in [1.82, 2.24) is 4.98 Å². The second-order valence-corrected chi connectivity index (χ2v) is 5.35. The van der Waals surface area contributed by atoms with Crippen LogP contribution in [0.2, 0.25) is 0 Å². The number of rotatable bonds is 3. The van der Waals surface area contributed by atoms with E-state index in [9.17, 15) is 4.79 Å². The van der Waals surface area contributed by atoms with Crippen molar-refractivity contribution in [2.24, 2.45) is 0 Å². The van der Waals surface area contributed by atoms with E-state index in [-0.39, 0.29) is 5.78 Å². The predicted octanol–water partition coefficient (Wildman–Crippen LogP) is 4.50. The van der Waals surface area contributed by atoms with Crippen LogP contribution in [0.25, 0.3) is 6.08 Å². The van der Waals surface area contributed by atoms with Gasteiger partial charge in [0.15, 0.2) is 5.78 Å². The third-order valence-electron chi connectivity index (χ3n) is 2.29. The minimum atomic E-state index is -0.0555. The summed E-state index contributed by atoms with van der Waals surface area (Å²) in [6.07, 6.45) is 4.92. The first kappa shape index (κ1) is 13.2. The number of carbonyl (C=O) groups is 1. The number of nitrogens with zero attached hydrogens (tertiary/aromatic N) is 1. The van der Waals surface area contributed by atoms with Crippen LogP contribution in [-0.2, 0) is 0 Å². The molecule has 1 aromatic carbocycles. The Labute approximate surface area is 122 Å². The molecule has 0 amide bonds. The molecule has 0 unspecified atom stereocenters. The van der Waals surface area contributed by atoms with Crippen LogP contribution in [0.1, 0.15) is 16.1 Å². The summed E-state index contributed by atoms with van der Waals surface area (Å²) in [7, 11) is 0. The SMILES string of the molecule is O=C(/C=C/c1ccccn1)c1ccc(Br)cc1Br. The number of carbonyl (C=O) groups excluding carboxylic acids is 1. The fraction of sp³-hybridized carbons (Fsp3) is 0. The van der Waals surface area contributed by atoms with Crippen LogP contribution in [0, 0.1) is 0 Å². The zero-order chi connectivity index (χ0) is 13.0. The number of ketones is 1. The Hall–Kier alpha value is -1.26. The van der Waals surface area contributed by atoms with Gasteiger partial charge in [-0.25, -0.2) is 0 Å². The Morgan fingerprint density at radius 2 is 2.00 bits per heavy atom. The monoisotopic (exact) mass is 365 g/mol. The fourth-order valence-electron chi connectivity index (χ4n) is 1.41. The van der Waals surface area contributed by atoms with Gasteiger partial charge in [0.05, 0.1) is 5.69 Å². The Morgan fingerprint density at radius 3 is 2.67 bits per heavy atom. The number of halogens is 2. The van der Waals surface area contributed by atoms with E-state index in [1.165, 1.54) is 6.08 Å². The van der Waals surface area contributed by atoms with Crippen molar-refractivity contribution in [3.8, 4) is 0 Å². The number of benzene rings is 1.